The van der Waals surface area contributed by atoms with Crippen molar-refractivity contribution < 1.29 is 14.0 Å². The Morgan fingerprint density at radius 2 is 1.76 bits per heavy atom. The molecule has 5 nitrogen and oxygen atoms in total. The summed E-state index contributed by atoms with van der Waals surface area (Å²) in [5.74, 6) is -0.953. The molecule has 1 N–H and O–H groups in total. The second kappa shape index (κ2) is 9.57. The van der Waals surface area contributed by atoms with Gasteiger partial charge in [-0.25, -0.2) is 4.39 Å². The summed E-state index contributed by atoms with van der Waals surface area (Å²) in [5, 5.41) is 3.46. The number of anilines is 1. The number of benzene rings is 2. The number of para-hydroxylation sites is 1. The Hall–Kier alpha value is -2.15. The number of halogens is 3. The van der Waals surface area contributed by atoms with E-state index in [2.05, 4.69) is 5.32 Å². The lowest BCUT2D eigenvalue weighted by atomic mass is 10.2. The quantitative estimate of drug-likeness (QED) is 0.673. The summed E-state index contributed by atoms with van der Waals surface area (Å²) in [5.41, 5.74) is 0.877. The highest BCUT2D eigenvalue weighted by Crippen LogP contribution is 2.30. The molecule has 2 aromatic rings. The molecule has 0 radical (unpaired) electrons. The van der Waals surface area contributed by atoms with E-state index < -0.39 is 0 Å². The van der Waals surface area contributed by atoms with Crippen LogP contribution in [0.1, 0.15) is 18.4 Å². The molecule has 3 rings (SSSR count). The Morgan fingerprint density at radius 3 is 2.41 bits per heavy atom. The van der Waals surface area contributed by atoms with Crippen molar-refractivity contribution in [2.45, 2.75) is 25.4 Å². The van der Waals surface area contributed by atoms with E-state index in [1.54, 1.807) is 43.4 Å². The summed E-state index contributed by atoms with van der Waals surface area (Å²) < 4.78 is 14.1. The Bertz CT molecular complexity index is 885. The first-order chi connectivity index (χ1) is 13.8. The van der Waals surface area contributed by atoms with Crippen LogP contribution in [0.5, 0.6) is 0 Å². The Kier molecular flexibility index (Phi) is 7.11. The molecule has 154 valence electrons. The van der Waals surface area contributed by atoms with Crippen molar-refractivity contribution in [1.82, 2.24) is 9.80 Å². The number of rotatable bonds is 8. The molecule has 0 heterocycles. The maximum absolute atomic E-state index is 14.1. The molecule has 29 heavy (non-hydrogen) atoms. The molecule has 1 aliphatic rings. The van der Waals surface area contributed by atoms with Crippen molar-refractivity contribution >= 4 is 40.7 Å². The summed E-state index contributed by atoms with van der Waals surface area (Å²) in [6.07, 6.45) is 1.91. The predicted octanol–water partition coefficient (Wildman–Crippen LogP) is 4.19. The molecule has 0 bridgehead atoms. The van der Waals surface area contributed by atoms with Gasteiger partial charge in [0.1, 0.15) is 5.82 Å². The molecular formula is C21H22Cl2FN3O2. The SMILES string of the molecule is CN(CC(=O)Nc1ccccc1Cl)C(=O)CN(Cc1c(F)cccc1Cl)C1CC1. The van der Waals surface area contributed by atoms with Gasteiger partial charge in [0.2, 0.25) is 11.8 Å². The topological polar surface area (TPSA) is 52.7 Å². The normalized spacial score (nSPS) is 13.4. The van der Waals surface area contributed by atoms with Gasteiger partial charge >= 0.3 is 0 Å². The molecular weight excluding hydrogens is 416 g/mol. The van der Waals surface area contributed by atoms with Gasteiger partial charge in [-0.3, -0.25) is 14.5 Å². The maximum atomic E-state index is 14.1. The highest BCUT2D eigenvalue weighted by molar-refractivity contribution is 6.33. The number of likely N-dealkylation sites (N-methyl/N-ethyl adjacent to an activating group) is 1. The van der Waals surface area contributed by atoms with E-state index in [0.29, 0.717) is 21.3 Å². The number of hydrogen-bond acceptors (Lipinski definition) is 3. The van der Waals surface area contributed by atoms with Crippen molar-refractivity contribution in [2.24, 2.45) is 0 Å². The molecule has 2 amide bonds. The number of hydrogen-bond donors (Lipinski definition) is 1. The lowest BCUT2D eigenvalue weighted by molar-refractivity contribution is -0.134. The minimum Gasteiger partial charge on any atom is -0.335 e. The van der Waals surface area contributed by atoms with Crippen LogP contribution in [0.25, 0.3) is 0 Å². The van der Waals surface area contributed by atoms with Crippen molar-refractivity contribution in [1.29, 1.82) is 0 Å². The van der Waals surface area contributed by atoms with E-state index in [1.807, 2.05) is 4.90 Å². The third-order valence-electron chi connectivity index (χ3n) is 4.78. The zero-order chi connectivity index (χ0) is 21.0. The van der Waals surface area contributed by atoms with Gasteiger partial charge in [0.15, 0.2) is 0 Å². The van der Waals surface area contributed by atoms with E-state index in [9.17, 15) is 14.0 Å². The molecule has 0 aliphatic heterocycles. The summed E-state index contributed by atoms with van der Waals surface area (Å²) >= 11 is 12.2. The van der Waals surface area contributed by atoms with Gasteiger partial charge in [-0.2, -0.15) is 0 Å². The van der Waals surface area contributed by atoms with Gasteiger partial charge in [0, 0.05) is 30.2 Å². The summed E-state index contributed by atoms with van der Waals surface area (Å²) in [4.78, 5) is 28.2. The number of nitrogens with zero attached hydrogens (tertiary/aromatic N) is 2. The van der Waals surface area contributed by atoms with Gasteiger partial charge in [-0.15, -0.1) is 0 Å². The highest BCUT2D eigenvalue weighted by Gasteiger charge is 2.32. The molecule has 8 heteroatoms. The fraction of sp³-hybridized carbons (Fsp3) is 0.333. The molecule has 0 unspecified atom stereocenters. The van der Waals surface area contributed by atoms with Gasteiger partial charge in [0.05, 0.1) is 23.8 Å². The van der Waals surface area contributed by atoms with Gasteiger partial charge in [-0.05, 0) is 37.1 Å². The summed E-state index contributed by atoms with van der Waals surface area (Å²) in [7, 11) is 1.57. The van der Waals surface area contributed by atoms with Crippen molar-refractivity contribution in [3.8, 4) is 0 Å². The van der Waals surface area contributed by atoms with Gasteiger partial charge < -0.3 is 10.2 Å². The first kappa shape index (κ1) is 21.6. The van der Waals surface area contributed by atoms with Gasteiger partial charge in [-0.1, -0.05) is 41.4 Å². The Morgan fingerprint density at radius 1 is 1.07 bits per heavy atom. The van der Waals surface area contributed by atoms with E-state index >= 15 is 0 Å². The lowest BCUT2D eigenvalue weighted by Gasteiger charge is -2.25. The van der Waals surface area contributed by atoms with Crippen molar-refractivity contribution in [3.05, 3.63) is 63.9 Å². The highest BCUT2D eigenvalue weighted by atomic mass is 35.5. The zero-order valence-corrected chi connectivity index (χ0v) is 17.5. The van der Waals surface area contributed by atoms with Crippen molar-refractivity contribution in [3.63, 3.8) is 0 Å². The Balaban J connectivity index is 1.58. The minimum atomic E-state index is -0.386. The molecule has 1 saturated carbocycles. The van der Waals surface area contributed by atoms with Crippen LogP contribution >= 0.6 is 23.2 Å². The van der Waals surface area contributed by atoms with E-state index in [0.717, 1.165) is 12.8 Å². The third kappa shape index (κ3) is 5.92. The molecule has 2 aromatic carbocycles. The minimum absolute atomic E-state index is 0.0885. The smallest absolute Gasteiger partial charge is 0.244 e. The van der Waals surface area contributed by atoms with E-state index in [1.165, 1.54) is 11.0 Å². The molecule has 1 fully saturated rings. The van der Waals surface area contributed by atoms with Crippen molar-refractivity contribution in [2.75, 3.05) is 25.5 Å². The Labute approximate surface area is 179 Å². The fourth-order valence-electron chi connectivity index (χ4n) is 2.99. The number of carbonyl (C=O) groups is 2. The van der Waals surface area contributed by atoms with Crippen LogP contribution in [0, 0.1) is 5.82 Å². The van der Waals surface area contributed by atoms with Crippen LogP contribution in [0.2, 0.25) is 10.0 Å². The second-order valence-corrected chi connectivity index (χ2v) is 7.93. The van der Waals surface area contributed by atoms with Crippen LogP contribution in [-0.2, 0) is 16.1 Å². The number of carbonyl (C=O) groups excluding carboxylic acids is 2. The number of nitrogens with one attached hydrogen (secondary N) is 1. The summed E-state index contributed by atoms with van der Waals surface area (Å²) in [6, 6.07) is 11.7. The van der Waals surface area contributed by atoms with Crippen LogP contribution < -0.4 is 5.32 Å². The molecule has 1 aliphatic carbocycles. The summed E-state index contributed by atoms with van der Waals surface area (Å²) in [6.45, 7) is 0.232. The lowest BCUT2D eigenvalue weighted by Crippen LogP contribution is -2.42. The largest absolute Gasteiger partial charge is 0.335 e. The first-order valence-corrected chi connectivity index (χ1v) is 10.1. The van der Waals surface area contributed by atoms with E-state index in [-0.39, 0.29) is 43.3 Å². The molecule has 0 atom stereocenters. The fourth-order valence-corrected chi connectivity index (χ4v) is 3.40. The zero-order valence-electron chi connectivity index (χ0n) is 16.0. The standard InChI is InChI=1S/C21H22Cl2FN3O2/c1-26(12-20(28)25-19-8-3-2-5-17(19)23)21(29)13-27(14-9-10-14)11-15-16(22)6-4-7-18(15)24/h2-8,14H,9-13H2,1H3,(H,25,28). The monoisotopic (exact) mass is 437 g/mol. The molecule has 0 spiro atoms. The maximum Gasteiger partial charge on any atom is 0.244 e. The van der Waals surface area contributed by atoms with E-state index in [4.69, 9.17) is 23.2 Å². The molecule has 0 saturated heterocycles. The predicted molar refractivity (Wildman–Crippen MR) is 113 cm³/mol. The third-order valence-corrected chi connectivity index (χ3v) is 5.46. The van der Waals surface area contributed by atoms with Crippen LogP contribution in [0.15, 0.2) is 42.5 Å². The van der Waals surface area contributed by atoms with Gasteiger partial charge in [0.25, 0.3) is 0 Å². The van der Waals surface area contributed by atoms with Crippen LogP contribution in [-0.4, -0.2) is 47.8 Å². The average Bonchev–Trinajstić information content (AvgIpc) is 3.50. The first-order valence-electron chi connectivity index (χ1n) is 9.30. The second-order valence-electron chi connectivity index (χ2n) is 7.11. The van der Waals surface area contributed by atoms with Crippen LogP contribution in [0.3, 0.4) is 0 Å². The van der Waals surface area contributed by atoms with Crippen LogP contribution in [0.4, 0.5) is 10.1 Å². The number of amides is 2. The molecule has 0 aromatic heterocycles. The average molecular weight is 438 g/mol.